The maximum Gasteiger partial charge on any atom is 0.163 e. The first-order chi connectivity index (χ1) is 10.7. The first-order valence-electron chi connectivity index (χ1n) is 7.62. The Hall–Kier alpha value is -2.00. The molecule has 1 aliphatic rings. The van der Waals surface area contributed by atoms with Gasteiger partial charge in [-0.15, -0.1) is 11.3 Å². The topological polar surface area (TPSA) is 30.0 Å². The third kappa shape index (κ3) is 3.09. The van der Waals surface area contributed by atoms with Gasteiger partial charge in [0.2, 0.25) is 0 Å². The Morgan fingerprint density at radius 3 is 2.82 bits per heavy atom. The average molecular weight is 309 g/mol. The molecular weight excluding hydrogens is 290 g/mol. The molecule has 0 fully saturated rings. The number of hydrogen-bond acceptors (Lipinski definition) is 3. The zero-order valence-corrected chi connectivity index (χ0v) is 13.7. The van der Waals surface area contributed by atoms with Crippen LogP contribution in [0.15, 0.2) is 41.9 Å². The highest BCUT2D eigenvalue weighted by Gasteiger charge is 2.18. The van der Waals surface area contributed by atoms with E-state index in [-0.39, 0.29) is 0 Å². The summed E-state index contributed by atoms with van der Waals surface area (Å²) in [5.74, 6) is 0.320. The van der Waals surface area contributed by atoms with Crippen LogP contribution in [0.2, 0.25) is 0 Å². The summed E-state index contributed by atoms with van der Waals surface area (Å²) in [6.45, 7) is 4.21. The molecule has 0 aliphatic heterocycles. The second kappa shape index (κ2) is 6.41. The second-order valence-electron chi connectivity index (χ2n) is 5.59. The number of rotatable bonds is 1. The summed E-state index contributed by atoms with van der Waals surface area (Å²) in [5.41, 5.74) is 7.76. The van der Waals surface area contributed by atoms with Gasteiger partial charge in [0.05, 0.1) is 15.7 Å². The Balaban J connectivity index is 0.000000133. The Kier molecular flexibility index (Phi) is 4.34. The molecule has 1 heterocycles. The molecule has 0 saturated heterocycles. The molecule has 0 radical (unpaired) electrons. The molecule has 0 bridgehead atoms. The van der Waals surface area contributed by atoms with E-state index in [0.29, 0.717) is 12.2 Å². The minimum Gasteiger partial charge on any atom is -0.294 e. The summed E-state index contributed by atoms with van der Waals surface area (Å²) in [4.78, 5) is 15.5. The maximum atomic E-state index is 11.3. The van der Waals surface area contributed by atoms with E-state index in [1.165, 1.54) is 21.4 Å². The molecule has 112 valence electrons. The molecule has 22 heavy (non-hydrogen) atoms. The lowest BCUT2D eigenvalue weighted by atomic mass is 10.0. The van der Waals surface area contributed by atoms with Gasteiger partial charge in [-0.2, -0.15) is 0 Å². The Morgan fingerprint density at radius 2 is 2.00 bits per heavy atom. The van der Waals surface area contributed by atoms with Crippen LogP contribution in [-0.2, 0) is 12.8 Å². The Bertz CT molecular complexity index is 819. The SMILES string of the molecule is CCc1ccc2c(c1)C(=O)CC2.Cc1ccc2ncsc2c1. The first-order valence-corrected chi connectivity index (χ1v) is 8.50. The zero-order valence-electron chi connectivity index (χ0n) is 12.9. The standard InChI is InChI=1S/C11H12O.C8H7NS/c1-2-8-3-4-9-5-6-11(12)10(9)7-8;1-6-2-3-7-8(4-6)10-5-9-7/h3-4,7H,2,5-6H2,1H3;2-5H,1H3. The number of aryl methyl sites for hydroxylation is 3. The predicted molar refractivity (Wildman–Crippen MR) is 92.8 cm³/mol. The third-order valence-electron chi connectivity index (χ3n) is 3.99. The van der Waals surface area contributed by atoms with Crippen LogP contribution in [-0.4, -0.2) is 10.8 Å². The quantitative estimate of drug-likeness (QED) is 0.634. The van der Waals surface area contributed by atoms with Gasteiger partial charge in [-0.25, -0.2) is 4.98 Å². The summed E-state index contributed by atoms with van der Waals surface area (Å²) < 4.78 is 1.28. The minimum atomic E-state index is 0.320. The number of thiazole rings is 1. The van der Waals surface area contributed by atoms with Crippen LogP contribution in [0, 0.1) is 6.92 Å². The summed E-state index contributed by atoms with van der Waals surface area (Å²) in [6, 6.07) is 12.6. The van der Waals surface area contributed by atoms with Crippen molar-refractivity contribution in [1.29, 1.82) is 0 Å². The van der Waals surface area contributed by atoms with E-state index in [1.54, 1.807) is 11.3 Å². The molecule has 0 spiro atoms. The Labute approximate surface area is 134 Å². The molecule has 2 nitrogen and oxygen atoms in total. The summed E-state index contributed by atoms with van der Waals surface area (Å²) in [7, 11) is 0. The first kappa shape index (κ1) is 14.9. The van der Waals surface area contributed by atoms with E-state index in [4.69, 9.17) is 0 Å². The maximum absolute atomic E-state index is 11.3. The van der Waals surface area contributed by atoms with Gasteiger partial charge in [0.15, 0.2) is 5.78 Å². The lowest BCUT2D eigenvalue weighted by Crippen LogP contribution is -1.92. The van der Waals surface area contributed by atoms with E-state index in [0.717, 1.165) is 23.9 Å². The summed E-state index contributed by atoms with van der Waals surface area (Å²) in [6.07, 6.45) is 2.67. The van der Waals surface area contributed by atoms with Crippen LogP contribution < -0.4 is 0 Å². The van der Waals surface area contributed by atoms with Crippen LogP contribution in [0.25, 0.3) is 10.2 Å². The van der Waals surface area contributed by atoms with Crippen molar-refractivity contribution in [3.05, 3.63) is 64.2 Å². The fraction of sp³-hybridized carbons (Fsp3) is 0.263. The molecule has 0 unspecified atom stereocenters. The van der Waals surface area contributed by atoms with E-state index in [9.17, 15) is 4.79 Å². The van der Waals surface area contributed by atoms with Gasteiger partial charge < -0.3 is 0 Å². The number of fused-ring (bicyclic) bond motifs is 2. The highest BCUT2D eigenvalue weighted by Crippen LogP contribution is 2.23. The predicted octanol–water partition coefficient (Wildman–Crippen LogP) is 4.98. The molecule has 3 aromatic rings. The van der Waals surface area contributed by atoms with Crippen molar-refractivity contribution in [2.45, 2.75) is 33.1 Å². The third-order valence-corrected chi connectivity index (χ3v) is 4.78. The van der Waals surface area contributed by atoms with Crippen LogP contribution >= 0.6 is 11.3 Å². The van der Waals surface area contributed by atoms with Crippen LogP contribution in [0.3, 0.4) is 0 Å². The number of benzene rings is 2. The van der Waals surface area contributed by atoms with E-state index in [2.05, 4.69) is 49.2 Å². The molecule has 4 rings (SSSR count). The van der Waals surface area contributed by atoms with Gasteiger partial charge in [0.25, 0.3) is 0 Å². The van der Waals surface area contributed by atoms with Crippen molar-refractivity contribution in [2.24, 2.45) is 0 Å². The van der Waals surface area contributed by atoms with Gasteiger partial charge in [-0.05, 0) is 54.7 Å². The van der Waals surface area contributed by atoms with Crippen molar-refractivity contribution in [3.63, 3.8) is 0 Å². The van der Waals surface area contributed by atoms with Crippen LogP contribution in [0.1, 0.15) is 40.4 Å². The van der Waals surface area contributed by atoms with Gasteiger partial charge in [0.1, 0.15) is 0 Å². The largest absolute Gasteiger partial charge is 0.294 e. The number of carbonyl (C=O) groups is 1. The number of hydrogen-bond donors (Lipinski definition) is 0. The highest BCUT2D eigenvalue weighted by molar-refractivity contribution is 7.16. The number of Topliss-reactive ketones (excluding diaryl/α,β-unsaturated/α-hetero) is 1. The van der Waals surface area contributed by atoms with Crippen molar-refractivity contribution in [1.82, 2.24) is 4.98 Å². The number of nitrogens with zero attached hydrogens (tertiary/aromatic N) is 1. The Morgan fingerprint density at radius 1 is 1.14 bits per heavy atom. The molecule has 0 N–H and O–H groups in total. The van der Waals surface area contributed by atoms with Crippen LogP contribution in [0.4, 0.5) is 0 Å². The summed E-state index contributed by atoms with van der Waals surface area (Å²) in [5, 5.41) is 0. The molecule has 2 aromatic carbocycles. The fourth-order valence-electron chi connectivity index (χ4n) is 2.67. The van der Waals surface area contributed by atoms with Gasteiger partial charge in [-0.1, -0.05) is 25.1 Å². The zero-order chi connectivity index (χ0) is 15.5. The van der Waals surface area contributed by atoms with Gasteiger partial charge in [-0.3, -0.25) is 4.79 Å². The van der Waals surface area contributed by atoms with E-state index in [1.807, 2.05) is 11.6 Å². The smallest absolute Gasteiger partial charge is 0.163 e. The molecule has 1 aliphatic carbocycles. The normalized spacial score (nSPS) is 12.9. The number of ketones is 1. The van der Waals surface area contributed by atoms with E-state index < -0.39 is 0 Å². The van der Waals surface area contributed by atoms with Crippen molar-refractivity contribution >= 4 is 27.3 Å². The minimum absolute atomic E-state index is 0.320. The second-order valence-corrected chi connectivity index (χ2v) is 6.48. The average Bonchev–Trinajstić information content (AvgIpc) is 3.14. The monoisotopic (exact) mass is 309 g/mol. The van der Waals surface area contributed by atoms with Crippen LogP contribution in [0.5, 0.6) is 0 Å². The van der Waals surface area contributed by atoms with Crippen molar-refractivity contribution < 1.29 is 4.79 Å². The van der Waals surface area contributed by atoms with Gasteiger partial charge in [0, 0.05) is 12.0 Å². The highest BCUT2D eigenvalue weighted by atomic mass is 32.1. The molecule has 0 atom stereocenters. The molecule has 1 aromatic heterocycles. The molecule has 0 saturated carbocycles. The van der Waals surface area contributed by atoms with Gasteiger partial charge >= 0.3 is 0 Å². The molecular formula is C19H19NOS. The van der Waals surface area contributed by atoms with E-state index >= 15 is 0 Å². The van der Waals surface area contributed by atoms with Crippen molar-refractivity contribution in [2.75, 3.05) is 0 Å². The lowest BCUT2D eigenvalue weighted by molar-refractivity contribution is 0.0994. The lowest BCUT2D eigenvalue weighted by Gasteiger charge is -2.00. The number of aromatic nitrogens is 1. The van der Waals surface area contributed by atoms with Crippen molar-refractivity contribution in [3.8, 4) is 0 Å². The fourth-order valence-corrected chi connectivity index (χ4v) is 3.44. The number of carbonyl (C=O) groups excluding carboxylic acids is 1. The summed E-state index contributed by atoms with van der Waals surface area (Å²) >= 11 is 1.69. The molecule has 3 heteroatoms. The molecule has 0 amide bonds.